The second-order valence-electron chi connectivity index (χ2n) is 8.61. The molecular formula is C25H37N3O. The molecule has 4 nitrogen and oxygen atoms in total. The number of rotatable bonds is 10. The van der Waals surface area contributed by atoms with Crippen LogP contribution in [0.15, 0.2) is 60.7 Å². The Labute approximate surface area is 176 Å². The van der Waals surface area contributed by atoms with Crippen LogP contribution >= 0.6 is 0 Å². The van der Waals surface area contributed by atoms with Gasteiger partial charge in [0.05, 0.1) is 12.0 Å². The first-order chi connectivity index (χ1) is 13.8. The lowest BCUT2D eigenvalue weighted by atomic mass is 9.90. The third-order valence-electron chi connectivity index (χ3n) is 5.22. The summed E-state index contributed by atoms with van der Waals surface area (Å²) in [6.07, 6.45) is 0. The lowest BCUT2D eigenvalue weighted by Gasteiger charge is -2.35. The number of nitrogens with one attached hydrogen (secondary N) is 1. The molecule has 1 N–H and O–H groups in total. The molecule has 1 atom stereocenters. The summed E-state index contributed by atoms with van der Waals surface area (Å²) < 4.78 is 0. The molecule has 2 rings (SSSR count). The summed E-state index contributed by atoms with van der Waals surface area (Å²) >= 11 is 0. The lowest BCUT2D eigenvalue weighted by molar-refractivity contribution is -0.122. The van der Waals surface area contributed by atoms with E-state index in [0.717, 1.165) is 24.2 Å². The summed E-state index contributed by atoms with van der Waals surface area (Å²) in [5.74, 6) is -0.254. The number of carbonyl (C=O) groups is 1. The topological polar surface area (TPSA) is 35.6 Å². The molecule has 0 heterocycles. The van der Waals surface area contributed by atoms with Crippen LogP contribution in [0.4, 0.5) is 0 Å². The number of benzene rings is 2. The van der Waals surface area contributed by atoms with Gasteiger partial charge in [-0.1, -0.05) is 60.7 Å². The van der Waals surface area contributed by atoms with Gasteiger partial charge in [-0.15, -0.1) is 0 Å². The molecule has 1 amide bonds. The van der Waals surface area contributed by atoms with Crippen molar-refractivity contribution in [3.63, 3.8) is 0 Å². The van der Waals surface area contributed by atoms with Gasteiger partial charge in [0.25, 0.3) is 0 Å². The molecule has 0 aromatic heterocycles. The second kappa shape index (κ2) is 11.1. The predicted molar refractivity (Wildman–Crippen MR) is 122 cm³/mol. The van der Waals surface area contributed by atoms with Gasteiger partial charge in [-0.25, -0.2) is 0 Å². The van der Waals surface area contributed by atoms with Gasteiger partial charge in [0, 0.05) is 25.2 Å². The Kier molecular flexibility index (Phi) is 8.87. The zero-order valence-corrected chi connectivity index (χ0v) is 18.8. The van der Waals surface area contributed by atoms with Crippen LogP contribution < -0.4 is 5.32 Å². The first-order valence-electron chi connectivity index (χ1n) is 10.6. The van der Waals surface area contributed by atoms with Gasteiger partial charge in [0.2, 0.25) is 5.91 Å². The Bertz CT molecular complexity index is 681. The highest BCUT2D eigenvalue weighted by Crippen LogP contribution is 2.25. The Morgan fingerprint density at radius 2 is 1.24 bits per heavy atom. The summed E-state index contributed by atoms with van der Waals surface area (Å²) in [5, 5.41) is 3.36. The van der Waals surface area contributed by atoms with Gasteiger partial charge in [-0.05, 0) is 52.9 Å². The minimum atomic E-state index is -0.311. The summed E-state index contributed by atoms with van der Waals surface area (Å²) in [5.41, 5.74) is 2.04. The highest BCUT2D eigenvalue weighted by Gasteiger charge is 2.27. The van der Waals surface area contributed by atoms with Crippen molar-refractivity contribution in [1.82, 2.24) is 15.1 Å². The van der Waals surface area contributed by atoms with Crippen molar-refractivity contribution in [3.05, 3.63) is 71.8 Å². The molecule has 0 saturated carbocycles. The molecule has 0 saturated heterocycles. The molecule has 2 aromatic carbocycles. The van der Waals surface area contributed by atoms with Crippen LogP contribution in [0, 0.1) is 0 Å². The molecule has 0 fully saturated rings. The van der Waals surface area contributed by atoms with Gasteiger partial charge in [0.15, 0.2) is 0 Å². The summed E-state index contributed by atoms with van der Waals surface area (Å²) in [6, 6.07) is 21.0. The molecule has 0 aliphatic heterocycles. The van der Waals surface area contributed by atoms with E-state index in [1.807, 2.05) is 60.7 Å². The summed E-state index contributed by atoms with van der Waals surface area (Å²) in [4.78, 5) is 18.1. The van der Waals surface area contributed by atoms with Gasteiger partial charge >= 0.3 is 0 Å². The van der Waals surface area contributed by atoms with Crippen molar-refractivity contribution >= 4 is 5.91 Å². The normalized spacial score (nSPS) is 12.9. The Morgan fingerprint density at radius 3 is 1.62 bits per heavy atom. The minimum absolute atomic E-state index is 0.0530. The molecular weight excluding hydrogens is 358 g/mol. The molecule has 1 unspecified atom stereocenters. The van der Waals surface area contributed by atoms with Crippen LogP contribution in [0.3, 0.4) is 0 Å². The zero-order valence-electron chi connectivity index (χ0n) is 18.8. The maximum atomic E-state index is 13.5. The van der Waals surface area contributed by atoms with Crippen LogP contribution in [-0.2, 0) is 4.79 Å². The van der Waals surface area contributed by atoms with Crippen molar-refractivity contribution < 1.29 is 4.79 Å². The lowest BCUT2D eigenvalue weighted by Crippen LogP contribution is -2.52. The largest absolute Gasteiger partial charge is 0.350 e. The molecule has 2 aromatic rings. The van der Waals surface area contributed by atoms with Gasteiger partial charge in [-0.3, -0.25) is 9.69 Å². The highest BCUT2D eigenvalue weighted by atomic mass is 16.2. The smallest absolute Gasteiger partial charge is 0.232 e. The molecule has 0 aliphatic rings. The van der Waals surface area contributed by atoms with Gasteiger partial charge < -0.3 is 10.2 Å². The Hall–Kier alpha value is -2.17. The number of hydrogen-bond donors (Lipinski definition) is 1. The molecule has 0 bridgehead atoms. The van der Waals surface area contributed by atoms with E-state index in [2.05, 4.69) is 56.9 Å². The van der Waals surface area contributed by atoms with Crippen molar-refractivity contribution in [2.75, 3.05) is 27.2 Å². The van der Waals surface area contributed by atoms with Crippen molar-refractivity contribution in [2.45, 2.75) is 51.7 Å². The SMILES string of the molecule is CC(C)N(CC(CN(C)C)NC(=O)C(c1ccccc1)c1ccccc1)C(C)C. The Balaban J connectivity index is 2.28. The van der Waals surface area contributed by atoms with Crippen LogP contribution in [0.5, 0.6) is 0 Å². The van der Waals surface area contributed by atoms with E-state index in [1.54, 1.807) is 0 Å². The van der Waals surface area contributed by atoms with E-state index < -0.39 is 0 Å². The number of likely N-dealkylation sites (N-methyl/N-ethyl adjacent to an activating group) is 1. The van der Waals surface area contributed by atoms with Crippen molar-refractivity contribution in [2.24, 2.45) is 0 Å². The van der Waals surface area contributed by atoms with Crippen LogP contribution in [0.2, 0.25) is 0 Å². The zero-order chi connectivity index (χ0) is 21.4. The number of nitrogens with zero attached hydrogens (tertiary/aromatic N) is 2. The predicted octanol–water partition coefficient (Wildman–Crippen LogP) is 3.98. The molecule has 29 heavy (non-hydrogen) atoms. The van der Waals surface area contributed by atoms with E-state index in [4.69, 9.17) is 0 Å². The van der Waals surface area contributed by atoms with Crippen LogP contribution in [-0.4, -0.2) is 61.0 Å². The second-order valence-corrected chi connectivity index (χ2v) is 8.61. The molecule has 0 aliphatic carbocycles. The van der Waals surface area contributed by atoms with E-state index in [9.17, 15) is 4.79 Å². The van der Waals surface area contributed by atoms with E-state index >= 15 is 0 Å². The van der Waals surface area contributed by atoms with Crippen LogP contribution in [0.25, 0.3) is 0 Å². The number of carbonyl (C=O) groups excluding carboxylic acids is 1. The quantitative estimate of drug-likeness (QED) is 0.661. The maximum Gasteiger partial charge on any atom is 0.232 e. The summed E-state index contributed by atoms with van der Waals surface area (Å²) in [6.45, 7) is 10.5. The fourth-order valence-electron chi connectivity index (χ4n) is 3.93. The minimum Gasteiger partial charge on any atom is -0.350 e. The van der Waals surface area contributed by atoms with Crippen molar-refractivity contribution in [3.8, 4) is 0 Å². The van der Waals surface area contributed by atoms with Crippen molar-refractivity contribution in [1.29, 1.82) is 0 Å². The maximum absolute atomic E-state index is 13.5. The summed E-state index contributed by atoms with van der Waals surface area (Å²) in [7, 11) is 4.11. The van der Waals surface area contributed by atoms with E-state index in [1.165, 1.54) is 0 Å². The first kappa shape index (κ1) is 23.1. The third-order valence-corrected chi connectivity index (χ3v) is 5.22. The molecule has 0 radical (unpaired) electrons. The highest BCUT2D eigenvalue weighted by molar-refractivity contribution is 5.87. The van der Waals surface area contributed by atoms with Crippen LogP contribution in [0.1, 0.15) is 44.7 Å². The number of hydrogen-bond acceptors (Lipinski definition) is 3. The Morgan fingerprint density at radius 1 is 0.793 bits per heavy atom. The molecule has 158 valence electrons. The fraction of sp³-hybridized carbons (Fsp3) is 0.480. The standard InChI is InChI=1S/C25H37N3O/c1-19(2)28(20(3)4)18-23(17-27(5)6)26-25(29)24(21-13-9-7-10-14-21)22-15-11-8-12-16-22/h7-16,19-20,23-24H,17-18H2,1-6H3,(H,26,29). The molecule has 0 spiro atoms. The van der Waals surface area contributed by atoms with Gasteiger partial charge in [0.1, 0.15) is 0 Å². The van der Waals surface area contributed by atoms with E-state index in [0.29, 0.717) is 12.1 Å². The first-order valence-corrected chi connectivity index (χ1v) is 10.6. The number of amides is 1. The van der Waals surface area contributed by atoms with E-state index in [-0.39, 0.29) is 17.9 Å². The average Bonchev–Trinajstić information content (AvgIpc) is 2.67. The average molecular weight is 396 g/mol. The fourth-order valence-corrected chi connectivity index (χ4v) is 3.93. The third kappa shape index (κ3) is 6.98. The molecule has 4 heteroatoms. The monoisotopic (exact) mass is 395 g/mol. The van der Waals surface area contributed by atoms with Gasteiger partial charge in [-0.2, -0.15) is 0 Å².